The van der Waals surface area contributed by atoms with Crippen LogP contribution in [0.5, 0.6) is 0 Å². The highest BCUT2D eigenvalue weighted by Crippen LogP contribution is 2.31. The van der Waals surface area contributed by atoms with Gasteiger partial charge in [0.2, 0.25) is 5.91 Å². The minimum atomic E-state index is 0.0930. The molecule has 0 aromatic heterocycles. The highest BCUT2D eigenvalue weighted by Gasteiger charge is 2.22. The SMILES string of the molecule is Cc1c(CC(C)N)cc2c(c1C)NC(=O)C2. The van der Waals surface area contributed by atoms with Crippen molar-refractivity contribution in [3.63, 3.8) is 0 Å². The summed E-state index contributed by atoms with van der Waals surface area (Å²) in [6.45, 7) is 6.16. The number of nitrogens with two attached hydrogens (primary N) is 1. The molecule has 1 aliphatic heterocycles. The van der Waals surface area contributed by atoms with E-state index < -0.39 is 0 Å². The quantitative estimate of drug-likeness (QED) is 0.793. The molecule has 1 unspecified atom stereocenters. The average molecular weight is 218 g/mol. The third kappa shape index (κ3) is 1.83. The van der Waals surface area contributed by atoms with Crippen LogP contribution < -0.4 is 11.1 Å². The van der Waals surface area contributed by atoms with Crippen molar-refractivity contribution < 1.29 is 4.79 Å². The number of nitrogens with one attached hydrogen (secondary N) is 1. The van der Waals surface area contributed by atoms with Gasteiger partial charge in [-0.25, -0.2) is 0 Å². The van der Waals surface area contributed by atoms with E-state index in [1.807, 2.05) is 6.92 Å². The molecule has 86 valence electrons. The second-order valence-corrected chi connectivity index (χ2v) is 4.73. The maximum Gasteiger partial charge on any atom is 0.228 e. The van der Waals surface area contributed by atoms with Crippen molar-refractivity contribution in [2.45, 2.75) is 39.7 Å². The molecule has 16 heavy (non-hydrogen) atoms. The van der Waals surface area contributed by atoms with Crippen LogP contribution in [0, 0.1) is 13.8 Å². The second kappa shape index (κ2) is 3.91. The van der Waals surface area contributed by atoms with E-state index in [1.165, 1.54) is 16.7 Å². The summed E-state index contributed by atoms with van der Waals surface area (Å²) in [6, 6.07) is 2.28. The molecule has 0 spiro atoms. The fourth-order valence-electron chi connectivity index (χ4n) is 2.29. The summed E-state index contributed by atoms with van der Waals surface area (Å²) in [4.78, 5) is 11.4. The first-order valence-corrected chi connectivity index (χ1v) is 5.66. The molecule has 0 aliphatic carbocycles. The predicted octanol–water partition coefficient (Wildman–Crippen LogP) is 1.69. The van der Waals surface area contributed by atoms with Gasteiger partial charge in [0.15, 0.2) is 0 Å². The first-order valence-electron chi connectivity index (χ1n) is 5.66. The normalized spacial score (nSPS) is 15.9. The number of fused-ring (bicyclic) bond motifs is 1. The molecule has 1 aromatic carbocycles. The standard InChI is InChI=1S/C13H18N2O/c1-7(14)4-10-5-11-6-12(16)15-13(11)9(3)8(10)2/h5,7H,4,6,14H2,1-3H3,(H,15,16). The van der Waals surface area contributed by atoms with E-state index in [0.717, 1.165) is 17.7 Å². The molecule has 1 heterocycles. The Morgan fingerprint density at radius 3 is 2.75 bits per heavy atom. The molecule has 3 nitrogen and oxygen atoms in total. The number of carbonyl (C=O) groups is 1. The lowest BCUT2D eigenvalue weighted by Gasteiger charge is -2.14. The Kier molecular flexibility index (Phi) is 2.72. The highest BCUT2D eigenvalue weighted by atomic mass is 16.1. The van der Waals surface area contributed by atoms with Crippen molar-refractivity contribution in [2.75, 3.05) is 5.32 Å². The number of carbonyl (C=O) groups excluding carboxylic acids is 1. The zero-order chi connectivity index (χ0) is 11.9. The lowest BCUT2D eigenvalue weighted by molar-refractivity contribution is -0.115. The van der Waals surface area contributed by atoms with Gasteiger partial charge < -0.3 is 11.1 Å². The van der Waals surface area contributed by atoms with Crippen LogP contribution in [0.15, 0.2) is 6.07 Å². The summed E-state index contributed by atoms with van der Waals surface area (Å²) in [6.07, 6.45) is 1.37. The number of hydrogen-bond acceptors (Lipinski definition) is 2. The third-order valence-electron chi connectivity index (χ3n) is 3.25. The summed E-state index contributed by atoms with van der Waals surface area (Å²) < 4.78 is 0. The molecule has 0 fully saturated rings. The summed E-state index contributed by atoms with van der Waals surface area (Å²) >= 11 is 0. The maximum absolute atomic E-state index is 11.4. The van der Waals surface area contributed by atoms with E-state index in [4.69, 9.17) is 5.73 Å². The van der Waals surface area contributed by atoms with Crippen LogP contribution in [0.1, 0.15) is 29.2 Å². The fraction of sp³-hybridized carbons (Fsp3) is 0.462. The number of amides is 1. The van der Waals surface area contributed by atoms with Crippen molar-refractivity contribution in [1.82, 2.24) is 0 Å². The summed E-state index contributed by atoms with van der Waals surface area (Å²) in [5.74, 6) is 0.0930. The van der Waals surface area contributed by atoms with Gasteiger partial charge in [-0.15, -0.1) is 0 Å². The average Bonchev–Trinajstić information content (AvgIpc) is 2.54. The van der Waals surface area contributed by atoms with Crippen LogP contribution >= 0.6 is 0 Å². The van der Waals surface area contributed by atoms with Crippen molar-refractivity contribution >= 4 is 11.6 Å². The van der Waals surface area contributed by atoms with E-state index >= 15 is 0 Å². The molecule has 1 amide bonds. The molecule has 3 N–H and O–H groups in total. The summed E-state index contributed by atoms with van der Waals surface area (Å²) in [5, 5.41) is 2.92. The van der Waals surface area contributed by atoms with Crippen LogP contribution in [0.3, 0.4) is 0 Å². The molecule has 1 atom stereocenters. The predicted molar refractivity (Wildman–Crippen MR) is 65.6 cm³/mol. The lowest BCUT2D eigenvalue weighted by Crippen LogP contribution is -2.18. The van der Waals surface area contributed by atoms with E-state index in [2.05, 4.69) is 25.2 Å². The van der Waals surface area contributed by atoms with Crippen molar-refractivity contribution in [3.05, 3.63) is 28.3 Å². The van der Waals surface area contributed by atoms with Gasteiger partial charge in [-0.3, -0.25) is 4.79 Å². The van der Waals surface area contributed by atoms with Crippen LogP contribution in [0.4, 0.5) is 5.69 Å². The van der Waals surface area contributed by atoms with Crippen molar-refractivity contribution in [1.29, 1.82) is 0 Å². The highest BCUT2D eigenvalue weighted by molar-refractivity contribution is 6.00. The summed E-state index contributed by atoms with van der Waals surface area (Å²) in [7, 11) is 0. The van der Waals surface area contributed by atoms with Crippen LogP contribution in [0.2, 0.25) is 0 Å². The molecule has 0 saturated heterocycles. The third-order valence-corrected chi connectivity index (χ3v) is 3.25. The van der Waals surface area contributed by atoms with E-state index in [1.54, 1.807) is 0 Å². The van der Waals surface area contributed by atoms with Gasteiger partial charge in [0.1, 0.15) is 0 Å². The van der Waals surface area contributed by atoms with Crippen molar-refractivity contribution in [3.8, 4) is 0 Å². The topological polar surface area (TPSA) is 55.1 Å². The Bertz CT molecular complexity index is 450. The van der Waals surface area contributed by atoms with E-state index in [0.29, 0.717) is 6.42 Å². The molecule has 3 heteroatoms. The van der Waals surface area contributed by atoms with Crippen LogP contribution in [-0.4, -0.2) is 11.9 Å². The first-order chi connectivity index (χ1) is 7.49. The van der Waals surface area contributed by atoms with Gasteiger partial charge >= 0.3 is 0 Å². The minimum absolute atomic E-state index is 0.0930. The Hall–Kier alpha value is -1.35. The number of benzene rings is 1. The van der Waals surface area contributed by atoms with Gasteiger partial charge in [-0.05, 0) is 49.4 Å². The zero-order valence-electron chi connectivity index (χ0n) is 10.1. The Labute approximate surface area is 96.0 Å². The lowest BCUT2D eigenvalue weighted by atomic mass is 9.94. The summed E-state index contributed by atoms with van der Waals surface area (Å²) in [5.41, 5.74) is 11.7. The fourth-order valence-corrected chi connectivity index (χ4v) is 2.29. The Morgan fingerprint density at radius 1 is 1.44 bits per heavy atom. The number of hydrogen-bond donors (Lipinski definition) is 2. The Morgan fingerprint density at radius 2 is 2.12 bits per heavy atom. The zero-order valence-corrected chi connectivity index (χ0v) is 10.1. The number of anilines is 1. The molecule has 0 saturated carbocycles. The molecule has 0 bridgehead atoms. The largest absolute Gasteiger partial charge is 0.328 e. The van der Waals surface area contributed by atoms with Gasteiger partial charge in [-0.2, -0.15) is 0 Å². The smallest absolute Gasteiger partial charge is 0.228 e. The molecule has 0 radical (unpaired) electrons. The second-order valence-electron chi connectivity index (χ2n) is 4.73. The van der Waals surface area contributed by atoms with Gasteiger partial charge in [0, 0.05) is 11.7 Å². The molecular weight excluding hydrogens is 200 g/mol. The van der Waals surface area contributed by atoms with Crippen molar-refractivity contribution in [2.24, 2.45) is 5.73 Å². The van der Waals surface area contributed by atoms with Gasteiger partial charge in [0.05, 0.1) is 6.42 Å². The van der Waals surface area contributed by atoms with E-state index in [9.17, 15) is 4.79 Å². The number of rotatable bonds is 2. The Balaban J connectivity index is 2.47. The van der Waals surface area contributed by atoms with Gasteiger partial charge in [-0.1, -0.05) is 6.07 Å². The monoisotopic (exact) mass is 218 g/mol. The van der Waals surface area contributed by atoms with Crippen LogP contribution in [-0.2, 0) is 17.6 Å². The molecular formula is C13H18N2O. The molecule has 1 aromatic rings. The maximum atomic E-state index is 11.4. The first kappa shape index (κ1) is 11.1. The minimum Gasteiger partial charge on any atom is -0.328 e. The van der Waals surface area contributed by atoms with Crippen LogP contribution in [0.25, 0.3) is 0 Å². The molecule has 1 aliphatic rings. The van der Waals surface area contributed by atoms with E-state index in [-0.39, 0.29) is 11.9 Å². The molecule has 2 rings (SSSR count). The van der Waals surface area contributed by atoms with Gasteiger partial charge in [0.25, 0.3) is 0 Å².